The molecule has 2 aromatic rings. The van der Waals surface area contributed by atoms with Crippen LogP contribution in [0.25, 0.3) is 0 Å². The summed E-state index contributed by atoms with van der Waals surface area (Å²) in [6.07, 6.45) is 1.12. The van der Waals surface area contributed by atoms with Crippen molar-refractivity contribution in [2.24, 2.45) is 0 Å². The van der Waals surface area contributed by atoms with Gasteiger partial charge in [-0.3, -0.25) is 4.79 Å². The highest BCUT2D eigenvalue weighted by Gasteiger charge is 2.11. The summed E-state index contributed by atoms with van der Waals surface area (Å²) < 4.78 is 0. The van der Waals surface area contributed by atoms with E-state index in [4.69, 9.17) is 0 Å². The van der Waals surface area contributed by atoms with Crippen molar-refractivity contribution in [3.63, 3.8) is 0 Å². The molecule has 0 aliphatic rings. The Kier molecular flexibility index (Phi) is 3.97. The van der Waals surface area contributed by atoms with Crippen LogP contribution in [-0.2, 0) is 0 Å². The van der Waals surface area contributed by atoms with Crippen molar-refractivity contribution in [2.45, 2.75) is 33.1 Å². The fourth-order valence-electron chi connectivity index (χ4n) is 1.90. The first-order valence-corrected chi connectivity index (χ1v) is 7.14. The second kappa shape index (κ2) is 5.49. The van der Waals surface area contributed by atoms with Gasteiger partial charge in [0.05, 0.1) is 4.88 Å². The molecule has 0 saturated carbocycles. The summed E-state index contributed by atoms with van der Waals surface area (Å²) in [4.78, 5) is 14.2. The van der Waals surface area contributed by atoms with E-state index in [1.165, 1.54) is 10.4 Å². The number of rotatable bonds is 4. The molecule has 1 nitrogen and oxygen atoms in total. The highest BCUT2D eigenvalue weighted by molar-refractivity contribution is 7.14. The van der Waals surface area contributed by atoms with Crippen molar-refractivity contribution in [1.82, 2.24) is 0 Å². The number of aryl methyl sites for hydroxylation is 1. The lowest BCUT2D eigenvalue weighted by atomic mass is 9.97. The lowest BCUT2D eigenvalue weighted by Gasteiger charge is -2.09. The molecule has 1 heterocycles. The monoisotopic (exact) mass is 258 g/mol. The largest absolute Gasteiger partial charge is 0.288 e. The van der Waals surface area contributed by atoms with E-state index in [9.17, 15) is 4.79 Å². The number of hydrogen-bond donors (Lipinski definition) is 0. The Bertz CT molecular complexity index is 536. The number of hydrogen-bond acceptors (Lipinski definition) is 2. The summed E-state index contributed by atoms with van der Waals surface area (Å²) in [7, 11) is 0. The van der Waals surface area contributed by atoms with Gasteiger partial charge >= 0.3 is 0 Å². The summed E-state index contributed by atoms with van der Waals surface area (Å²) in [5, 5.41) is 0. The van der Waals surface area contributed by atoms with Gasteiger partial charge in [-0.2, -0.15) is 0 Å². The van der Waals surface area contributed by atoms with E-state index < -0.39 is 0 Å². The smallest absolute Gasteiger partial charge is 0.202 e. The zero-order valence-corrected chi connectivity index (χ0v) is 11.9. The molecule has 1 aromatic carbocycles. The van der Waals surface area contributed by atoms with E-state index in [0.717, 1.165) is 16.9 Å². The first-order chi connectivity index (χ1) is 8.61. The molecule has 0 N–H and O–H groups in total. The maximum atomic E-state index is 12.2. The van der Waals surface area contributed by atoms with Crippen LogP contribution < -0.4 is 0 Å². The average molecular weight is 258 g/mol. The van der Waals surface area contributed by atoms with E-state index in [0.29, 0.717) is 5.92 Å². The molecule has 0 saturated heterocycles. The molecule has 0 aliphatic carbocycles. The Morgan fingerprint density at radius 3 is 2.33 bits per heavy atom. The van der Waals surface area contributed by atoms with Gasteiger partial charge in [0, 0.05) is 10.4 Å². The van der Waals surface area contributed by atoms with Crippen molar-refractivity contribution in [3.05, 3.63) is 57.3 Å². The molecule has 0 radical (unpaired) electrons. The summed E-state index contributed by atoms with van der Waals surface area (Å²) in [5.41, 5.74) is 2.08. The molecule has 1 atom stereocenters. The lowest BCUT2D eigenvalue weighted by molar-refractivity contribution is 0.104. The minimum atomic E-state index is 0.129. The number of thiophene rings is 1. The van der Waals surface area contributed by atoms with Crippen molar-refractivity contribution in [3.8, 4) is 0 Å². The van der Waals surface area contributed by atoms with E-state index in [-0.39, 0.29) is 5.78 Å². The number of benzene rings is 1. The van der Waals surface area contributed by atoms with Gasteiger partial charge in [-0.1, -0.05) is 38.1 Å². The number of ketones is 1. The van der Waals surface area contributed by atoms with Gasteiger partial charge in [0.1, 0.15) is 0 Å². The molecule has 1 unspecified atom stereocenters. The third-order valence-electron chi connectivity index (χ3n) is 3.32. The number of carbonyl (C=O) groups excluding carboxylic acids is 1. The first kappa shape index (κ1) is 13.0. The standard InChI is InChI=1S/C16H18OS/c1-4-11(2)13-6-8-14(9-7-13)16(17)15-10-5-12(3)18-15/h5-11H,4H2,1-3H3. The van der Waals surface area contributed by atoms with Crippen LogP contribution in [0.1, 0.15) is 51.9 Å². The fourth-order valence-corrected chi connectivity index (χ4v) is 2.73. The van der Waals surface area contributed by atoms with Crippen molar-refractivity contribution >= 4 is 17.1 Å². The van der Waals surface area contributed by atoms with Crippen LogP contribution >= 0.6 is 11.3 Å². The highest BCUT2D eigenvalue weighted by Crippen LogP contribution is 2.22. The van der Waals surface area contributed by atoms with Gasteiger partial charge in [-0.25, -0.2) is 0 Å². The van der Waals surface area contributed by atoms with E-state index in [1.807, 2.05) is 31.2 Å². The molecular formula is C16H18OS. The van der Waals surface area contributed by atoms with Crippen LogP contribution in [0.15, 0.2) is 36.4 Å². The lowest BCUT2D eigenvalue weighted by Crippen LogP contribution is -1.99. The predicted molar refractivity (Wildman–Crippen MR) is 77.6 cm³/mol. The Labute approximate surface area is 112 Å². The Morgan fingerprint density at radius 1 is 1.17 bits per heavy atom. The van der Waals surface area contributed by atoms with Crippen LogP contribution in [0, 0.1) is 6.92 Å². The van der Waals surface area contributed by atoms with E-state index in [2.05, 4.69) is 26.0 Å². The van der Waals surface area contributed by atoms with Crippen molar-refractivity contribution in [1.29, 1.82) is 0 Å². The molecule has 2 heteroatoms. The molecule has 2 rings (SSSR count). The summed E-state index contributed by atoms with van der Waals surface area (Å²) >= 11 is 1.56. The topological polar surface area (TPSA) is 17.1 Å². The quantitative estimate of drug-likeness (QED) is 0.720. The third kappa shape index (κ3) is 2.70. The summed E-state index contributed by atoms with van der Waals surface area (Å²) in [6, 6.07) is 11.9. The molecule has 0 aliphatic heterocycles. The van der Waals surface area contributed by atoms with Crippen molar-refractivity contribution in [2.75, 3.05) is 0 Å². The summed E-state index contributed by atoms with van der Waals surface area (Å²) in [6.45, 7) is 6.41. The van der Waals surface area contributed by atoms with Gasteiger partial charge in [-0.05, 0) is 37.0 Å². The minimum absolute atomic E-state index is 0.129. The first-order valence-electron chi connectivity index (χ1n) is 6.33. The molecule has 0 amide bonds. The Morgan fingerprint density at radius 2 is 1.83 bits per heavy atom. The second-order valence-electron chi connectivity index (χ2n) is 4.67. The van der Waals surface area contributed by atoms with Gasteiger partial charge in [0.2, 0.25) is 5.78 Å². The average Bonchev–Trinajstić information content (AvgIpc) is 2.84. The van der Waals surface area contributed by atoms with Crippen LogP contribution in [-0.4, -0.2) is 5.78 Å². The zero-order valence-electron chi connectivity index (χ0n) is 11.1. The second-order valence-corrected chi connectivity index (χ2v) is 5.96. The fraction of sp³-hybridized carbons (Fsp3) is 0.312. The molecule has 18 heavy (non-hydrogen) atoms. The summed E-state index contributed by atoms with van der Waals surface area (Å²) in [5.74, 6) is 0.682. The SMILES string of the molecule is CCC(C)c1ccc(C(=O)c2ccc(C)s2)cc1. The van der Waals surface area contributed by atoms with Gasteiger partial charge < -0.3 is 0 Å². The Hall–Kier alpha value is -1.41. The normalized spacial score (nSPS) is 12.4. The van der Waals surface area contributed by atoms with Gasteiger partial charge in [0.25, 0.3) is 0 Å². The van der Waals surface area contributed by atoms with Crippen molar-refractivity contribution < 1.29 is 4.79 Å². The van der Waals surface area contributed by atoms with E-state index in [1.54, 1.807) is 11.3 Å². The molecular weight excluding hydrogens is 240 g/mol. The van der Waals surface area contributed by atoms with Crippen LogP contribution in [0.5, 0.6) is 0 Å². The third-order valence-corrected chi connectivity index (χ3v) is 4.32. The predicted octanol–water partition coefficient (Wildman–Crippen LogP) is 4.80. The molecule has 1 aromatic heterocycles. The molecule has 0 spiro atoms. The van der Waals surface area contributed by atoms with Crippen LogP contribution in [0.3, 0.4) is 0 Å². The molecule has 0 fully saturated rings. The maximum Gasteiger partial charge on any atom is 0.202 e. The molecule has 0 bridgehead atoms. The van der Waals surface area contributed by atoms with Crippen LogP contribution in [0.2, 0.25) is 0 Å². The van der Waals surface area contributed by atoms with Gasteiger partial charge in [-0.15, -0.1) is 11.3 Å². The minimum Gasteiger partial charge on any atom is -0.288 e. The van der Waals surface area contributed by atoms with Crippen LogP contribution in [0.4, 0.5) is 0 Å². The Balaban J connectivity index is 2.22. The zero-order chi connectivity index (χ0) is 13.1. The van der Waals surface area contributed by atoms with Gasteiger partial charge in [0.15, 0.2) is 0 Å². The maximum absolute atomic E-state index is 12.2. The highest BCUT2D eigenvalue weighted by atomic mass is 32.1. The molecule has 94 valence electrons. The van der Waals surface area contributed by atoms with E-state index >= 15 is 0 Å². The number of carbonyl (C=O) groups is 1.